The van der Waals surface area contributed by atoms with E-state index in [1.54, 1.807) is 0 Å². The van der Waals surface area contributed by atoms with Crippen molar-refractivity contribution in [2.45, 2.75) is 45.6 Å². The topological polar surface area (TPSA) is 30.9 Å². The maximum absolute atomic E-state index is 4.34. The summed E-state index contributed by atoms with van der Waals surface area (Å²) < 4.78 is 0. The molecule has 0 heterocycles. The summed E-state index contributed by atoms with van der Waals surface area (Å²) >= 11 is 0. The normalized spacial score (nSPS) is 11.5. The van der Waals surface area contributed by atoms with Crippen molar-refractivity contribution in [1.29, 1.82) is 0 Å². The van der Waals surface area contributed by atoms with Crippen molar-refractivity contribution in [2.75, 3.05) is 40.8 Å². The van der Waals surface area contributed by atoms with E-state index in [4.69, 9.17) is 0 Å². The van der Waals surface area contributed by atoms with E-state index >= 15 is 0 Å². The molecular formula is C16H35IN4. The molecular weight excluding hydrogens is 375 g/mol. The number of rotatable bonds is 10. The van der Waals surface area contributed by atoms with Crippen molar-refractivity contribution in [2.24, 2.45) is 4.99 Å². The smallest absolute Gasteiger partial charge is 0.193 e. The van der Waals surface area contributed by atoms with E-state index in [1.807, 2.05) is 13.1 Å². The highest BCUT2D eigenvalue weighted by Gasteiger charge is 2.06. The molecule has 0 aromatic heterocycles. The lowest BCUT2D eigenvalue weighted by Gasteiger charge is -2.25. The van der Waals surface area contributed by atoms with Crippen LogP contribution in [0.3, 0.4) is 0 Å². The lowest BCUT2D eigenvalue weighted by Crippen LogP contribution is -2.43. The third-order valence-electron chi connectivity index (χ3n) is 3.60. The fraction of sp³-hybridized carbons (Fsp3) is 0.812. The predicted octanol–water partition coefficient (Wildman–Crippen LogP) is 3.20. The molecule has 0 aliphatic heterocycles. The Labute approximate surface area is 149 Å². The van der Waals surface area contributed by atoms with E-state index in [1.165, 1.54) is 19.3 Å². The van der Waals surface area contributed by atoms with Crippen molar-refractivity contribution in [3.05, 3.63) is 12.7 Å². The van der Waals surface area contributed by atoms with E-state index in [2.05, 4.69) is 54.6 Å². The zero-order valence-corrected chi connectivity index (χ0v) is 16.9. The Bertz CT molecular complexity index is 279. The number of unbranched alkanes of at least 4 members (excludes halogenated alkanes) is 3. The molecule has 1 N–H and O–H groups in total. The van der Waals surface area contributed by atoms with Crippen LogP contribution in [0, 0.1) is 0 Å². The molecule has 5 heteroatoms. The van der Waals surface area contributed by atoms with Crippen LogP contribution >= 0.6 is 24.0 Å². The summed E-state index contributed by atoms with van der Waals surface area (Å²) in [7, 11) is 6.11. The highest BCUT2D eigenvalue weighted by molar-refractivity contribution is 14.0. The molecule has 126 valence electrons. The van der Waals surface area contributed by atoms with Gasteiger partial charge in [-0.1, -0.05) is 12.5 Å². The van der Waals surface area contributed by atoms with Gasteiger partial charge in [-0.2, -0.15) is 0 Å². The lowest BCUT2D eigenvalue weighted by molar-refractivity contribution is 0.277. The number of guanidine groups is 1. The Morgan fingerprint density at radius 1 is 1.19 bits per heavy atom. The third-order valence-corrected chi connectivity index (χ3v) is 3.60. The molecule has 0 rings (SSSR count). The van der Waals surface area contributed by atoms with E-state index in [9.17, 15) is 0 Å². The van der Waals surface area contributed by atoms with Gasteiger partial charge in [-0.15, -0.1) is 30.6 Å². The second-order valence-electron chi connectivity index (χ2n) is 5.61. The number of hydrogen-bond donors (Lipinski definition) is 1. The third kappa shape index (κ3) is 12.0. The summed E-state index contributed by atoms with van der Waals surface area (Å²) in [6.45, 7) is 11.2. The fourth-order valence-electron chi connectivity index (χ4n) is 1.91. The first kappa shape index (κ1) is 23.0. The first-order chi connectivity index (χ1) is 9.52. The molecule has 0 saturated carbocycles. The van der Waals surface area contributed by atoms with Crippen LogP contribution in [-0.2, 0) is 0 Å². The zero-order valence-electron chi connectivity index (χ0n) is 14.6. The van der Waals surface area contributed by atoms with Gasteiger partial charge in [0.15, 0.2) is 5.96 Å². The molecule has 21 heavy (non-hydrogen) atoms. The molecule has 0 bridgehead atoms. The van der Waals surface area contributed by atoms with Gasteiger partial charge >= 0.3 is 0 Å². The summed E-state index contributed by atoms with van der Waals surface area (Å²) in [6, 6.07) is 0.585. The molecule has 0 fully saturated rings. The number of likely N-dealkylation sites (N-methyl/N-ethyl adjacent to an activating group) is 1. The Hall–Kier alpha value is -0.300. The van der Waals surface area contributed by atoms with Gasteiger partial charge in [-0.3, -0.25) is 4.99 Å². The first-order valence-electron chi connectivity index (χ1n) is 7.75. The van der Waals surface area contributed by atoms with Gasteiger partial charge in [-0.05, 0) is 40.2 Å². The van der Waals surface area contributed by atoms with Crippen LogP contribution in [0.4, 0.5) is 0 Å². The average Bonchev–Trinajstić information content (AvgIpc) is 2.42. The minimum atomic E-state index is 0. The molecule has 0 spiro atoms. The molecule has 0 radical (unpaired) electrons. The molecule has 0 aliphatic carbocycles. The summed E-state index contributed by atoms with van der Waals surface area (Å²) in [5, 5.41) is 3.43. The average molecular weight is 410 g/mol. The monoisotopic (exact) mass is 410 g/mol. The van der Waals surface area contributed by atoms with Crippen LogP contribution in [0.1, 0.15) is 39.5 Å². The minimum Gasteiger partial charge on any atom is -0.355 e. The number of nitrogens with zero attached hydrogens (tertiary/aromatic N) is 3. The van der Waals surface area contributed by atoms with E-state index in [0.717, 1.165) is 32.0 Å². The molecule has 0 aromatic carbocycles. The van der Waals surface area contributed by atoms with Crippen molar-refractivity contribution >= 4 is 29.9 Å². The van der Waals surface area contributed by atoms with Gasteiger partial charge < -0.3 is 15.1 Å². The standard InChI is InChI=1S/C16H34N4.HI/c1-7-8-9-10-11-13-20(6)16(17-4)18-12-14-19(5)15(2)3;/h7,15H,1,8-14H2,2-6H3,(H,17,18);1H. The van der Waals surface area contributed by atoms with Crippen LogP contribution < -0.4 is 5.32 Å². The largest absolute Gasteiger partial charge is 0.355 e. The Kier molecular flexibility index (Phi) is 16.0. The molecule has 0 atom stereocenters. The van der Waals surface area contributed by atoms with Gasteiger partial charge in [0.1, 0.15) is 0 Å². The summed E-state index contributed by atoms with van der Waals surface area (Å²) in [4.78, 5) is 8.88. The Morgan fingerprint density at radius 3 is 2.38 bits per heavy atom. The molecule has 0 amide bonds. The van der Waals surface area contributed by atoms with Crippen LogP contribution in [0.25, 0.3) is 0 Å². The molecule has 0 saturated heterocycles. The van der Waals surface area contributed by atoms with E-state index in [-0.39, 0.29) is 24.0 Å². The Balaban J connectivity index is 0. The highest BCUT2D eigenvalue weighted by Crippen LogP contribution is 2.01. The van der Waals surface area contributed by atoms with Crippen molar-refractivity contribution in [1.82, 2.24) is 15.1 Å². The maximum Gasteiger partial charge on any atom is 0.193 e. The maximum atomic E-state index is 4.34. The second-order valence-corrected chi connectivity index (χ2v) is 5.61. The van der Waals surface area contributed by atoms with Crippen LogP contribution in [0.2, 0.25) is 0 Å². The van der Waals surface area contributed by atoms with Crippen LogP contribution in [0.15, 0.2) is 17.6 Å². The van der Waals surface area contributed by atoms with Gasteiger partial charge in [0.25, 0.3) is 0 Å². The van der Waals surface area contributed by atoms with Gasteiger partial charge in [0.05, 0.1) is 0 Å². The minimum absolute atomic E-state index is 0. The van der Waals surface area contributed by atoms with Crippen LogP contribution in [-0.4, -0.2) is 62.6 Å². The number of aliphatic imine (C=N–C) groups is 1. The molecule has 0 aliphatic rings. The quantitative estimate of drug-likeness (QED) is 0.197. The summed E-state index contributed by atoms with van der Waals surface area (Å²) in [5.41, 5.74) is 0. The van der Waals surface area contributed by atoms with Gasteiger partial charge in [0, 0.05) is 39.8 Å². The van der Waals surface area contributed by atoms with E-state index < -0.39 is 0 Å². The SMILES string of the molecule is C=CCCCCCN(C)C(=NC)NCCN(C)C(C)C.I. The van der Waals surface area contributed by atoms with E-state index in [0.29, 0.717) is 6.04 Å². The Morgan fingerprint density at radius 2 is 1.86 bits per heavy atom. The highest BCUT2D eigenvalue weighted by atomic mass is 127. The van der Waals surface area contributed by atoms with Crippen molar-refractivity contribution in [3.8, 4) is 0 Å². The number of nitrogens with one attached hydrogen (secondary N) is 1. The van der Waals surface area contributed by atoms with Gasteiger partial charge in [0.2, 0.25) is 0 Å². The predicted molar refractivity (Wildman–Crippen MR) is 106 cm³/mol. The summed E-state index contributed by atoms with van der Waals surface area (Å²) in [6.07, 6.45) is 6.82. The molecule has 4 nitrogen and oxygen atoms in total. The molecule has 0 unspecified atom stereocenters. The zero-order chi connectivity index (χ0) is 15.4. The number of halogens is 1. The second kappa shape index (κ2) is 14.6. The summed E-state index contributed by atoms with van der Waals surface area (Å²) in [5.74, 6) is 0.992. The lowest BCUT2D eigenvalue weighted by atomic mass is 10.2. The molecule has 0 aromatic rings. The number of hydrogen-bond acceptors (Lipinski definition) is 2. The number of allylic oxidation sites excluding steroid dienone is 1. The fourth-order valence-corrected chi connectivity index (χ4v) is 1.91. The van der Waals surface area contributed by atoms with Crippen molar-refractivity contribution < 1.29 is 0 Å². The van der Waals surface area contributed by atoms with Crippen molar-refractivity contribution in [3.63, 3.8) is 0 Å². The first-order valence-corrected chi connectivity index (χ1v) is 7.75. The van der Waals surface area contributed by atoms with Crippen LogP contribution in [0.5, 0.6) is 0 Å². The van der Waals surface area contributed by atoms with Gasteiger partial charge in [-0.25, -0.2) is 0 Å².